The van der Waals surface area contributed by atoms with Gasteiger partial charge >= 0.3 is 0 Å². The topological polar surface area (TPSA) is 44.4 Å². The van der Waals surface area contributed by atoms with Crippen LogP contribution in [0.1, 0.15) is 39.5 Å². The number of carbonyl (C=O) groups excluding carboxylic acids is 1. The molecule has 3 heterocycles. The second-order valence-corrected chi connectivity index (χ2v) is 7.47. The minimum Gasteiger partial charge on any atom is -0.353 e. The molecule has 1 aromatic heterocycles. The molecular weight excluding hydrogens is 330 g/mol. The summed E-state index contributed by atoms with van der Waals surface area (Å²) in [5.74, 6) is 0.0288. The number of benzene rings is 1. The maximum absolute atomic E-state index is 12.6. The molecule has 1 atom stereocenters. The molecule has 2 N–H and O–H groups in total. The fourth-order valence-electron chi connectivity index (χ4n) is 3.26. The lowest BCUT2D eigenvalue weighted by Gasteiger charge is -2.28. The zero-order valence-corrected chi connectivity index (χ0v) is 14.4. The highest BCUT2D eigenvalue weighted by Gasteiger charge is 2.32. The molecule has 0 radical (unpaired) electrons. The highest BCUT2D eigenvalue weighted by molar-refractivity contribution is 7.16. The number of rotatable bonds is 2. The number of likely N-dealkylation sites (N-methyl/N-ethyl adjacent to an activating group) is 1. The molecule has 0 unspecified atom stereocenters. The Labute approximate surface area is 144 Å². The zero-order valence-electron chi connectivity index (χ0n) is 12.9. The van der Waals surface area contributed by atoms with Crippen molar-refractivity contribution in [3.63, 3.8) is 0 Å². The molecule has 0 saturated heterocycles. The molecule has 4 rings (SSSR count). The van der Waals surface area contributed by atoms with Crippen LogP contribution in [0.3, 0.4) is 0 Å². The molecule has 1 amide bonds. The third-order valence-electron chi connectivity index (χ3n) is 4.56. The Morgan fingerprint density at radius 2 is 2.09 bits per heavy atom. The Balaban J connectivity index is 1.66. The van der Waals surface area contributed by atoms with E-state index in [9.17, 15) is 4.79 Å². The van der Waals surface area contributed by atoms with E-state index in [4.69, 9.17) is 11.6 Å². The van der Waals surface area contributed by atoms with Gasteiger partial charge < -0.3 is 10.6 Å². The monoisotopic (exact) mass is 347 g/mol. The number of fused-ring (bicyclic) bond motifs is 3. The first-order valence-corrected chi connectivity index (χ1v) is 9.05. The Hall–Kier alpha value is -1.56. The molecule has 2 aromatic rings. The number of amides is 1. The van der Waals surface area contributed by atoms with Gasteiger partial charge in [0, 0.05) is 23.0 Å². The summed E-state index contributed by atoms with van der Waals surface area (Å²) in [4.78, 5) is 16.4. The second kappa shape index (κ2) is 5.82. The second-order valence-electron chi connectivity index (χ2n) is 5.93. The van der Waals surface area contributed by atoms with Crippen LogP contribution in [0.5, 0.6) is 0 Å². The van der Waals surface area contributed by atoms with E-state index in [1.807, 2.05) is 24.3 Å². The summed E-state index contributed by atoms with van der Waals surface area (Å²) in [7, 11) is 0. The number of hydrogen-bond acceptors (Lipinski definition) is 4. The molecule has 120 valence electrons. The number of nitrogens with zero attached hydrogens (tertiary/aromatic N) is 1. The van der Waals surface area contributed by atoms with Gasteiger partial charge in [-0.15, -0.1) is 11.3 Å². The minimum atomic E-state index is -0.199. The van der Waals surface area contributed by atoms with Crippen molar-refractivity contribution in [3.05, 3.63) is 50.9 Å². The number of thiophene rings is 1. The van der Waals surface area contributed by atoms with E-state index in [1.54, 1.807) is 11.3 Å². The molecule has 23 heavy (non-hydrogen) atoms. The number of hydrogen-bond donors (Lipinski definition) is 2. The summed E-state index contributed by atoms with van der Waals surface area (Å²) in [5.41, 5.74) is 3.09. The normalized spacial score (nSPS) is 20.4. The molecule has 1 aromatic carbocycles. The maximum Gasteiger partial charge on any atom is 0.256 e. The van der Waals surface area contributed by atoms with Crippen LogP contribution in [-0.4, -0.2) is 23.9 Å². The number of carbonyl (C=O) groups is 1. The molecule has 2 aliphatic rings. The van der Waals surface area contributed by atoms with Crippen LogP contribution in [0.25, 0.3) is 0 Å². The Bertz CT molecular complexity index is 756. The smallest absolute Gasteiger partial charge is 0.256 e. The highest BCUT2D eigenvalue weighted by Crippen LogP contribution is 2.40. The Morgan fingerprint density at radius 1 is 1.30 bits per heavy atom. The van der Waals surface area contributed by atoms with Gasteiger partial charge in [-0.05, 0) is 36.2 Å². The van der Waals surface area contributed by atoms with E-state index in [1.165, 1.54) is 10.4 Å². The molecular formula is C17H18ClN3OS. The lowest BCUT2D eigenvalue weighted by molar-refractivity contribution is 0.0934. The highest BCUT2D eigenvalue weighted by atomic mass is 35.5. The predicted octanol–water partition coefficient (Wildman–Crippen LogP) is 3.63. The van der Waals surface area contributed by atoms with Crippen LogP contribution < -0.4 is 10.6 Å². The van der Waals surface area contributed by atoms with E-state index in [0.29, 0.717) is 5.02 Å². The molecule has 0 bridgehead atoms. The lowest BCUT2D eigenvalue weighted by Crippen LogP contribution is -2.38. The fourth-order valence-corrected chi connectivity index (χ4v) is 4.70. The number of halogens is 1. The Kier molecular flexibility index (Phi) is 3.79. The van der Waals surface area contributed by atoms with Crippen molar-refractivity contribution < 1.29 is 4.79 Å². The van der Waals surface area contributed by atoms with E-state index in [-0.39, 0.29) is 12.1 Å². The first kappa shape index (κ1) is 15.0. The molecule has 0 aliphatic carbocycles. The maximum atomic E-state index is 12.6. The van der Waals surface area contributed by atoms with Gasteiger partial charge in [0.2, 0.25) is 0 Å². The zero-order chi connectivity index (χ0) is 16.0. The van der Waals surface area contributed by atoms with E-state index >= 15 is 0 Å². The van der Waals surface area contributed by atoms with Crippen molar-refractivity contribution in [2.45, 2.75) is 26.1 Å². The summed E-state index contributed by atoms with van der Waals surface area (Å²) in [5, 5.41) is 8.24. The predicted molar refractivity (Wildman–Crippen MR) is 94.3 cm³/mol. The van der Waals surface area contributed by atoms with Crippen LogP contribution in [-0.2, 0) is 13.0 Å². The average molecular weight is 348 g/mol. The standard InChI is InChI=1S/C17H18ClN3OS/c1-2-21-8-7-12-13(9-21)23-17-14(12)16(22)19-15(20-17)10-3-5-11(18)6-4-10/h3-6,15,20H,2,7-9H2,1H3,(H,19,22)/t15-/m0/s1. The van der Waals surface area contributed by atoms with Crippen molar-refractivity contribution in [2.24, 2.45) is 0 Å². The fraction of sp³-hybridized carbons (Fsp3) is 0.353. The molecule has 0 spiro atoms. The van der Waals surface area contributed by atoms with Crippen molar-refractivity contribution in [1.82, 2.24) is 10.2 Å². The van der Waals surface area contributed by atoms with Gasteiger partial charge in [0.15, 0.2) is 0 Å². The van der Waals surface area contributed by atoms with Gasteiger partial charge in [-0.25, -0.2) is 0 Å². The number of nitrogens with one attached hydrogen (secondary N) is 2. The third-order valence-corrected chi connectivity index (χ3v) is 5.96. The van der Waals surface area contributed by atoms with Gasteiger partial charge in [-0.3, -0.25) is 9.69 Å². The van der Waals surface area contributed by atoms with Crippen molar-refractivity contribution >= 4 is 33.8 Å². The van der Waals surface area contributed by atoms with Crippen LogP contribution >= 0.6 is 22.9 Å². The summed E-state index contributed by atoms with van der Waals surface area (Å²) >= 11 is 7.67. The average Bonchev–Trinajstić information content (AvgIpc) is 2.93. The lowest BCUT2D eigenvalue weighted by atomic mass is 10.0. The summed E-state index contributed by atoms with van der Waals surface area (Å²) in [6.45, 7) is 5.21. The van der Waals surface area contributed by atoms with Gasteiger partial charge in [0.05, 0.1) is 5.56 Å². The van der Waals surface area contributed by atoms with E-state index in [0.717, 1.165) is 42.2 Å². The molecule has 0 fully saturated rings. The molecule has 0 saturated carbocycles. The number of anilines is 1. The van der Waals surface area contributed by atoms with Crippen molar-refractivity contribution in [2.75, 3.05) is 18.4 Å². The van der Waals surface area contributed by atoms with Crippen LogP contribution in [0.4, 0.5) is 5.00 Å². The van der Waals surface area contributed by atoms with Gasteiger partial charge in [0.25, 0.3) is 5.91 Å². The summed E-state index contributed by atoms with van der Waals surface area (Å²) in [6.07, 6.45) is 0.755. The first-order valence-electron chi connectivity index (χ1n) is 7.85. The van der Waals surface area contributed by atoms with Gasteiger partial charge in [-0.2, -0.15) is 0 Å². The molecule has 2 aliphatic heterocycles. The van der Waals surface area contributed by atoms with Crippen molar-refractivity contribution in [1.29, 1.82) is 0 Å². The van der Waals surface area contributed by atoms with Crippen molar-refractivity contribution in [3.8, 4) is 0 Å². The van der Waals surface area contributed by atoms with Crippen LogP contribution in [0, 0.1) is 0 Å². The molecule has 4 nitrogen and oxygen atoms in total. The van der Waals surface area contributed by atoms with Gasteiger partial charge in [-0.1, -0.05) is 30.7 Å². The van der Waals surface area contributed by atoms with E-state index < -0.39 is 0 Å². The molecule has 6 heteroatoms. The summed E-state index contributed by atoms with van der Waals surface area (Å²) < 4.78 is 0. The third kappa shape index (κ3) is 2.63. The van der Waals surface area contributed by atoms with E-state index in [2.05, 4.69) is 22.5 Å². The van der Waals surface area contributed by atoms with Gasteiger partial charge in [0.1, 0.15) is 11.2 Å². The minimum absolute atomic E-state index is 0.0288. The van der Waals surface area contributed by atoms with Crippen LogP contribution in [0.15, 0.2) is 24.3 Å². The first-order chi connectivity index (χ1) is 11.2. The SMILES string of the molecule is CCN1CCc2c(sc3c2C(=O)N[C@H](c2ccc(Cl)cc2)N3)C1. The summed E-state index contributed by atoms with van der Waals surface area (Å²) in [6, 6.07) is 7.58. The largest absolute Gasteiger partial charge is 0.353 e. The quantitative estimate of drug-likeness (QED) is 0.871. The Morgan fingerprint density at radius 3 is 2.83 bits per heavy atom. The van der Waals surface area contributed by atoms with Crippen LogP contribution in [0.2, 0.25) is 5.02 Å².